The highest BCUT2D eigenvalue weighted by molar-refractivity contribution is 7.87. The molecule has 0 bridgehead atoms. The highest BCUT2D eigenvalue weighted by Crippen LogP contribution is 2.20. The summed E-state index contributed by atoms with van der Waals surface area (Å²) in [6.45, 7) is 4.08. The predicted molar refractivity (Wildman–Crippen MR) is 69.6 cm³/mol. The minimum atomic E-state index is -3.49. The number of carbonyl (C=O) groups is 1. The Bertz CT molecular complexity index is 422. The topological polar surface area (TPSA) is 87.7 Å². The molecular weight excluding hydrogens is 270 g/mol. The van der Waals surface area contributed by atoms with Gasteiger partial charge in [0.25, 0.3) is 10.2 Å². The molecule has 110 valence electrons. The van der Waals surface area contributed by atoms with E-state index in [1.54, 1.807) is 6.92 Å². The summed E-state index contributed by atoms with van der Waals surface area (Å²) in [4.78, 5) is 11.7. The van der Waals surface area contributed by atoms with Crippen LogP contribution in [-0.2, 0) is 19.7 Å². The van der Waals surface area contributed by atoms with Crippen LogP contribution in [0, 0.1) is 5.92 Å². The van der Waals surface area contributed by atoms with Gasteiger partial charge in [-0.15, -0.1) is 0 Å². The zero-order chi connectivity index (χ0) is 13.9. The first-order valence-corrected chi connectivity index (χ1v) is 8.11. The molecule has 2 N–H and O–H groups in total. The zero-order valence-electron chi connectivity index (χ0n) is 11.1. The Kier molecular flexibility index (Phi) is 4.77. The van der Waals surface area contributed by atoms with Crippen molar-refractivity contribution in [2.75, 3.05) is 32.8 Å². The predicted octanol–water partition coefficient (Wildman–Crippen LogP) is -0.932. The number of hydrogen-bond donors (Lipinski definition) is 2. The van der Waals surface area contributed by atoms with Crippen molar-refractivity contribution in [1.29, 1.82) is 0 Å². The Morgan fingerprint density at radius 2 is 2.21 bits per heavy atom. The molecule has 0 aromatic carbocycles. The largest absolute Gasteiger partial charge is 0.466 e. The number of nitrogens with one attached hydrogen (secondary N) is 2. The highest BCUT2D eigenvalue weighted by Gasteiger charge is 2.34. The molecule has 1 unspecified atom stereocenters. The second kappa shape index (κ2) is 6.17. The van der Waals surface area contributed by atoms with Gasteiger partial charge in [-0.2, -0.15) is 17.4 Å². The van der Waals surface area contributed by atoms with Gasteiger partial charge in [-0.25, -0.2) is 0 Å². The van der Waals surface area contributed by atoms with Gasteiger partial charge >= 0.3 is 5.97 Å². The van der Waals surface area contributed by atoms with Crippen LogP contribution < -0.4 is 10.0 Å². The van der Waals surface area contributed by atoms with E-state index in [0.717, 1.165) is 0 Å². The fourth-order valence-corrected chi connectivity index (χ4v) is 3.75. The van der Waals surface area contributed by atoms with E-state index in [-0.39, 0.29) is 24.5 Å². The molecule has 0 radical (unpaired) electrons. The molecule has 2 aliphatic heterocycles. The van der Waals surface area contributed by atoms with Crippen molar-refractivity contribution >= 4 is 16.2 Å². The molecule has 0 saturated carbocycles. The standard InChI is InChI=1S/C11H21N3O4S/c1-2-18-11(15)9-4-3-5-14(8-9)19(16,17)13-10-6-12-7-10/h9-10,12-13H,2-8H2,1H3. The molecule has 2 saturated heterocycles. The summed E-state index contributed by atoms with van der Waals surface area (Å²) < 4.78 is 33.3. The molecule has 2 aliphatic rings. The van der Waals surface area contributed by atoms with Crippen molar-refractivity contribution in [3.63, 3.8) is 0 Å². The number of carbonyl (C=O) groups excluding carboxylic acids is 1. The van der Waals surface area contributed by atoms with E-state index in [1.807, 2.05) is 0 Å². The number of nitrogens with zero attached hydrogens (tertiary/aromatic N) is 1. The van der Waals surface area contributed by atoms with Crippen LogP contribution in [-0.4, -0.2) is 57.5 Å². The van der Waals surface area contributed by atoms with Crippen molar-refractivity contribution in [3.05, 3.63) is 0 Å². The first-order chi connectivity index (χ1) is 9.03. The van der Waals surface area contributed by atoms with Crippen LogP contribution in [0.25, 0.3) is 0 Å². The van der Waals surface area contributed by atoms with Gasteiger partial charge in [0.05, 0.1) is 12.5 Å². The number of hydrogen-bond acceptors (Lipinski definition) is 5. The summed E-state index contributed by atoms with van der Waals surface area (Å²) in [7, 11) is -3.49. The third-order valence-electron chi connectivity index (χ3n) is 3.44. The summed E-state index contributed by atoms with van der Waals surface area (Å²) in [5.74, 6) is -0.641. The molecule has 2 heterocycles. The second-order valence-corrected chi connectivity index (χ2v) is 6.63. The summed E-state index contributed by atoms with van der Waals surface area (Å²) >= 11 is 0. The summed E-state index contributed by atoms with van der Waals surface area (Å²) in [5, 5.41) is 3.01. The van der Waals surface area contributed by atoms with Crippen LogP contribution in [0.15, 0.2) is 0 Å². The molecule has 2 rings (SSSR count). The first kappa shape index (κ1) is 14.7. The van der Waals surface area contributed by atoms with Gasteiger partial charge in [-0.05, 0) is 19.8 Å². The van der Waals surface area contributed by atoms with Crippen LogP contribution in [0.3, 0.4) is 0 Å². The minimum Gasteiger partial charge on any atom is -0.466 e. The van der Waals surface area contributed by atoms with Gasteiger partial charge in [0, 0.05) is 32.2 Å². The van der Waals surface area contributed by atoms with E-state index in [4.69, 9.17) is 4.74 Å². The number of ether oxygens (including phenoxy) is 1. The zero-order valence-corrected chi connectivity index (χ0v) is 11.9. The Morgan fingerprint density at radius 1 is 1.47 bits per heavy atom. The Labute approximate surface area is 113 Å². The monoisotopic (exact) mass is 291 g/mol. The maximum atomic E-state index is 12.1. The Balaban J connectivity index is 1.93. The van der Waals surface area contributed by atoms with Crippen molar-refractivity contribution in [2.24, 2.45) is 5.92 Å². The lowest BCUT2D eigenvalue weighted by Crippen LogP contribution is -2.60. The van der Waals surface area contributed by atoms with Crippen LogP contribution in [0.2, 0.25) is 0 Å². The van der Waals surface area contributed by atoms with Crippen molar-refractivity contribution in [1.82, 2.24) is 14.3 Å². The van der Waals surface area contributed by atoms with Crippen molar-refractivity contribution in [3.8, 4) is 0 Å². The molecule has 1 atom stereocenters. The van der Waals surface area contributed by atoms with E-state index in [2.05, 4.69) is 10.0 Å². The highest BCUT2D eigenvalue weighted by atomic mass is 32.2. The van der Waals surface area contributed by atoms with Gasteiger partial charge in [-0.3, -0.25) is 4.79 Å². The molecule has 19 heavy (non-hydrogen) atoms. The summed E-state index contributed by atoms with van der Waals surface area (Å²) in [6, 6.07) is -0.0343. The van der Waals surface area contributed by atoms with Crippen LogP contribution in [0.1, 0.15) is 19.8 Å². The van der Waals surface area contributed by atoms with Crippen molar-refractivity contribution < 1.29 is 17.9 Å². The second-order valence-electron chi connectivity index (χ2n) is 4.93. The number of esters is 1. The minimum absolute atomic E-state index is 0.0343. The Morgan fingerprint density at radius 3 is 2.79 bits per heavy atom. The van der Waals surface area contributed by atoms with E-state index in [9.17, 15) is 13.2 Å². The third-order valence-corrected chi connectivity index (χ3v) is 5.08. The van der Waals surface area contributed by atoms with Gasteiger partial charge < -0.3 is 10.1 Å². The van der Waals surface area contributed by atoms with E-state index in [0.29, 0.717) is 39.1 Å². The average molecular weight is 291 g/mol. The molecule has 0 amide bonds. The molecule has 0 spiro atoms. The van der Waals surface area contributed by atoms with E-state index < -0.39 is 10.2 Å². The van der Waals surface area contributed by atoms with E-state index >= 15 is 0 Å². The number of rotatable bonds is 5. The summed E-state index contributed by atoms with van der Waals surface area (Å²) in [6.07, 6.45) is 1.38. The van der Waals surface area contributed by atoms with Crippen LogP contribution >= 0.6 is 0 Å². The lowest BCUT2D eigenvalue weighted by atomic mass is 10.0. The van der Waals surface area contributed by atoms with E-state index in [1.165, 1.54) is 4.31 Å². The quantitative estimate of drug-likeness (QED) is 0.639. The Hall–Kier alpha value is -0.700. The SMILES string of the molecule is CCOC(=O)C1CCCN(S(=O)(=O)NC2CNC2)C1. The molecule has 0 aliphatic carbocycles. The van der Waals surface area contributed by atoms with Crippen LogP contribution in [0.4, 0.5) is 0 Å². The molecule has 2 fully saturated rings. The lowest BCUT2D eigenvalue weighted by molar-refractivity contribution is -0.149. The molecular formula is C11H21N3O4S. The lowest BCUT2D eigenvalue weighted by Gasteiger charge is -2.34. The average Bonchev–Trinajstić information content (AvgIpc) is 2.35. The normalized spacial score (nSPS) is 25.8. The molecule has 8 heteroatoms. The third kappa shape index (κ3) is 3.65. The van der Waals surface area contributed by atoms with Gasteiger partial charge in [0.1, 0.15) is 0 Å². The molecule has 0 aromatic heterocycles. The molecule has 0 aromatic rings. The molecule has 7 nitrogen and oxygen atoms in total. The van der Waals surface area contributed by atoms with Gasteiger partial charge in [-0.1, -0.05) is 0 Å². The van der Waals surface area contributed by atoms with Crippen molar-refractivity contribution in [2.45, 2.75) is 25.8 Å². The van der Waals surface area contributed by atoms with Crippen LogP contribution in [0.5, 0.6) is 0 Å². The maximum absolute atomic E-state index is 12.1. The van der Waals surface area contributed by atoms with Gasteiger partial charge in [0.15, 0.2) is 0 Å². The fraction of sp³-hybridized carbons (Fsp3) is 0.909. The first-order valence-electron chi connectivity index (χ1n) is 6.67. The summed E-state index contributed by atoms with van der Waals surface area (Å²) in [5.41, 5.74) is 0. The smallest absolute Gasteiger partial charge is 0.310 e. The fourth-order valence-electron chi connectivity index (χ4n) is 2.27. The van der Waals surface area contributed by atoms with Gasteiger partial charge in [0.2, 0.25) is 0 Å². The maximum Gasteiger partial charge on any atom is 0.310 e. The number of piperidine rings is 1.